The number of nitrogens with one attached hydrogen (secondary N) is 1. The van der Waals surface area contributed by atoms with E-state index in [1.807, 2.05) is 0 Å². The average Bonchev–Trinajstić information content (AvgIpc) is 2.87. The van der Waals surface area contributed by atoms with E-state index in [1.54, 1.807) is 55.5 Å². The number of hydrogen-bond donors (Lipinski definition) is 1. The number of hydrogen-bond acceptors (Lipinski definition) is 7. The van der Waals surface area contributed by atoms with E-state index in [1.165, 1.54) is 38.5 Å². The Morgan fingerprint density at radius 2 is 1.60 bits per heavy atom. The van der Waals surface area contributed by atoms with Crippen molar-refractivity contribution in [2.75, 3.05) is 37.0 Å². The number of carbonyl (C=O) groups is 2. The van der Waals surface area contributed by atoms with Crippen molar-refractivity contribution in [2.24, 2.45) is 0 Å². The number of anilines is 2. The summed E-state index contributed by atoms with van der Waals surface area (Å²) in [6.45, 7) is 1.40. The number of ether oxygens (including phenoxy) is 3. The molecule has 0 atom stereocenters. The molecule has 1 amide bonds. The van der Waals surface area contributed by atoms with Gasteiger partial charge in [0.2, 0.25) is 5.91 Å². The van der Waals surface area contributed by atoms with Crippen molar-refractivity contribution < 1.29 is 32.2 Å². The van der Waals surface area contributed by atoms with Crippen LogP contribution in [0.3, 0.4) is 0 Å². The maximum Gasteiger partial charge on any atom is 0.338 e. The first-order valence-electron chi connectivity index (χ1n) is 10.7. The van der Waals surface area contributed by atoms with Crippen LogP contribution < -0.4 is 19.1 Å². The number of methoxy groups -OCH3 is 2. The van der Waals surface area contributed by atoms with Crippen molar-refractivity contribution in [1.82, 2.24) is 0 Å². The number of nitrogens with zero attached hydrogens (tertiary/aromatic N) is 1. The summed E-state index contributed by atoms with van der Waals surface area (Å²) >= 11 is 0. The third-order valence-corrected chi connectivity index (χ3v) is 6.70. The highest BCUT2D eigenvalue weighted by Gasteiger charge is 2.28. The van der Waals surface area contributed by atoms with Gasteiger partial charge in [-0.3, -0.25) is 9.10 Å². The first kappa shape index (κ1) is 25.6. The molecule has 3 aromatic rings. The van der Waals surface area contributed by atoms with Gasteiger partial charge in [0.05, 0.1) is 37.0 Å². The van der Waals surface area contributed by atoms with E-state index in [4.69, 9.17) is 14.2 Å². The molecule has 0 aliphatic rings. The summed E-state index contributed by atoms with van der Waals surface area (Å²) in [6, 6.07) is 18.7. The number of carbonyl (C=O) groups excluding carboxylic acids is 2. The molecule has 184 valence electrons. The fourth-order valence-electron chi connectivity index (χ4n) is 3.28. The van der Waals surface area contributed by atoms with E-state index in [9.17, 15) is 18.0 Å². The number of amides is 1. The maximum atomic E-state index is 13.6. The first-order chi connectivity index (χ1) is 16.8. The summed E-state index contributed by atoms with van der Waals surface area (Å²) in [5.41, 5.74) is 0.900. The van der Waals surface area contributed by atoms with Crippen LogP contribution in [0.15, 0.2) is 77.7 Å². The van der Waals surface area contributed by atoms with E-state index in [-0.39, 0.29) is 22.8 Å². The molecule has 9 nitrogen and oxygen atoms in total. The van der Waals surface area contributed by atoms with Gasteiger partial charge in [-0.25, -0.2) is 13.2 Å². The van der Waals surface area contributed by atoms with Gasteiger partial charge >= 0.3 is 5.97 Å². The van der Waals surface area contributed by atoms with Crippen LogP contribution in [-0.4, -0.2) is 47.7 Å². The van der Waals surface area contributed by atoms with E-state index in [2.05, 4.69) is 5.32 Å². The lowest BCUT2D eigenvalue weighted by molar-refractivity contribution is -0.114. The second-order valence-corrected chi connectivity index (χ2v) is 9.08. The third kappa shape index (κ3) is 6.10. The molecule has 35 heavy (non-hydrogen) atoms. The SMILES string of the molecule is CCOC(=O)c1cccc(NC(=O)CN(c2ccccc2)S(=O)(=O)c2ccc(OC)c(OC)c2)c1. The minimum absolute atomic E-state index is 0.0730. The van der Waals surface area contributed by atoms with Crippen molar-refractivity contribution in [3.63, 3.8) is 0 Å². The fraction of sp³-hybridized carbons (Fsp3) is 0.200. The highest BCUT2D eigenvalue weighted by molar-refractivity contribution is 7.92. The highest BCUT2D eigenvalue weighted by atomic mass is 32.2. The molecule has 0 radical (unpaired) electrons. The molecule has 3 rings (SSSR count). The quantitative estimate of drug-likeness (QED) is 0.424. The summed E-state index contributed by atoms with van der Waals surface area (Å²) in [6.07, 6.45) is 0. The normalized spacial score (nSPS) is 10.8. The Hall–Kier alpha value is -4.05. The number of benzene rings is 3. The van der Waals surface area contributed by atoms with Crippen LogP contribution in [-0.2, 0) is 19.6 Å². The Morgan fingerprint density at radius 3 is 2.26 bits per heavy atom. The van der Waals surface area contributed by atoms with Crippen LogP contribution in [0.25, 0.3) is 0 Å². The van der Waals surface area contributed by atoms with Crippen LogP contribution in [0, 0.1) is 0 Å². The van der Waals surface area contributed by atoms with Gasteiger partial charge in [0.25, 0.3) is 10.0 Å². The van der Waals surface area contributed by atoms with Crippen LogP contribution in [0.4, 0.5) is 11.4 Å². The van der Waals surface area contributed by atoms with Gasteiger partial charge < -0.3 is 19.5 Å². The first-order valence-corrected chi connectivity index (χ1v) is 12.1. The van der Waals surface area contributed by atoms with Gasteiger partial charge in [0.15, 0.2) is 11.5 Å². The molecular formula is C25H26N2O7S. The molecule has 0 saturated heterocycles. The van der Waals surface area contributed by atoms with Gasteiger partial charge in [0, 0.05) is 11.8 Å². The second kappa shape index (κ2) is 11.4. The molecule has 0 saturated carbocycles. The summed E-state index contributed by atoms with van der Waals surface area (Å²) in [7, 11) is -1.31. The van der Waals surface area contributed by atoms with E-state index in [0.29, 0.717) is 17.1 Å². The minimum Gasteiger partial charge on any atom is -0.493 e. The lowest BCUT2D eigenvalue weighted by Gasteiger charge is -2.24. The van der Waals surface area contributed by atoms with Crippen LogP contribution in [0.1, 0.15) is 17.3 Å². The van der Waals surface area contributed by atoms with Crippen LogP contribution in [0.2, 0.25) is 0 Å². The summed E-state index contributed by atoms with van der Waals surface area (Å²) in [5, 5.41) is 2.65. The molecule has 10 heteroatoms. The number of sulfonamides is 1. The molecular weight excluding hydrogens is 472 g/mol. The highest BCUT2D eigenvalue weighted by Crippen LogP contribution is 2.32. The average molecular weight is 499 g/mol. The van der Waals surface area contributed by atoms with Gasteiger partial charge in [0.1, 0.15) is 6.54 Å². The fourth-order valence-corrected chi connectivity index (χ4v) is 4.72. The largest absolute Gasteiger partial charge is 0.493 e. The zero-order valence-electron chi connectivity index (χ0n) is 19.6. The van der Waals surface area contributed by atoms with Crippen LogP contribution in [0.5, 0.6) is 11.5 Å². The van der Waals surface area contributed by atoms with Crippen molar-refractivity contribution in [2.45, 2.75) is 11.8 Å². The summed E-state index contributed by atoms with van der Waals surface area (Å²) in [4.78, 5) is 24.8. The van der Waals surface area contributed by atoms with E-state index >= 15 is 0 Å². The van der Waals surface area contributed by atoms with E-state index in [0.717, 1.165) is 4.31 Å². The third-order valence-electron chi connectivity index (χ3n) is 4.93. The maximum absolute atomic E-state index is 13.6. The predicted octanol–water partition coefficient (Wildman–Crippen LogP) is 3.71. The Kier molecular flexibility index (Phi) is 8.32. The second-order valence-electron chi connectivity index (χ2n) is 7.21. The monoisotopic (exact) mass is 498 g/mol. The predicted molar refractivity (Wildman–Crippen MR) is 132 cm³/mol. The lowest BCUT2D eigenvalue weighted by atomic mass is 10.2. The standard InChI is InChI=1S/C25H26N2O7S/c1-4-34-25(29)18-9-8-10-19(15-18)26-24(28)17-27(20-11-6-5-7-12-20)35(30,31)21-13-14-22(32-2)23(16-21)33-3/h5-16H,4,17H2,1-3H3,(H,26,28). The minimum atomic E-state index is -4.17. The Balaban J connectivity index is 1.91. The molecule has 0 spiro atoms. The topological polar surface area (TPSA) is 111 Å². The lowest BCUT2D eigenvalue weighted by Crippen LogP contribution is -2.38. The molecule has 0 bridgehead atoms. The zero-order chi connectivity index (χ0) is 25.4. The summed E-state index contributed by atoms with van der Waals surface area (Å²) < 4.78 is 43.6. The Labute approximate surface area is 204 Å². The molecule has 1 N–H and O–H groups in total. The molecule has 0 aliphatic heterocycles. The van der Waals surface area contributed by atoms with Crippen molar-refractivity contribution in [3.05, 3.63) is 78.4 Å². The van der Waals surface area contributed by atoms with Crippen molar-refractivity contribution >= 4 is 33.3 Å². The molecule has 0 heterocycles. The van der Waals surface area contributed by atoms with Crippen molar-refractivity contribution in [3.8, 4) is 11.5 Å². The molecule has 0 fully saturated rings. The van der Waals surface area contributed by atoms with Crippen molar-refractivity contribution in [1.29, 1.82) is 0 Å². The van der Waals surface area contributed by atoms with Gasteiger partial charge in [-0.05, 0) is 49.4 Å². The van der Waals surface area contributed by atoms with E-state index < -0.39 is 28.4 Å². The molecule has 0 unspecified atom stereocenters. The smallest absolute Gasteiger partial charge is 0.338 e. The van der Waals surface area contributed by atoms with Gasteiger partial charge in [-0.15, -0.1) is 0 Å². The number of rotatable bonds is 10. The number of para-hydroxylation sites is 1. The molecule has 3 aromatic carbocycles. The van der Waals surface area contributed by atoms with Crippen LogP contribution >= 0.6 is 0 Å². The van der Waals surface area contributed by atoms with Gasteiger partial charge in [-0.1, -0.05) is 24.3 Å². The zero-order valence-corrected chi connectivity index (χ0v) is 20.4. The number of esters is 1. The van der Waals surface area contributed by atoms with Gasteiger partial charge in [-0.2, -0.15) is 0 Å². The molecule has 0 aliphatic carbocycles. The Morgan fingerprint density at radius 1 is 0.886 bits per heavy atom. The summed E-state index contributed by atoms with van der Waals surface area (Å²) in [5.74, 6) is -0.511. The molecule has 0 aromatic heterocycles. The Bertz CT molecular complexity index is 1290.